The zero-order chi connectivity index (χ0) is 19.6. The Hall–Kier alpha value is -2.60. The van der Waals surface area contributed by atoms with Gasteiger partial charge in [-0.15, -0.1) is 12.4 Å². The molecule has 1 aromatic carbocycles. The number of alkyl carbamates (subject to hydrolysis) is 1. The molecule has 1 aliphatic carbocycles. The fourth-order valence-electron chi connectivity index (χ4n) is 3.55. The van der Waals surface area contributed by atoms with Gasteiger partial charge in [0.1, 0.15) is 6.61 Å². The maximum Gasteiger partial charge on any atom is 0.407 e. The van der Waals surface area contributed by atoms with E-state index in [1.165, 1.54) is 0 Å². The van der Waals surface area contributed by atoms with Crippen molar-refractivity contribution in [3.8, 4) is 0 Å². The van der Waals surface area contributed by atoms with Gasteiger partial charge in [-0.3, -0.25) is 9.78 Å². The fraction of sp³-hybridized carbons (Fsp3) is 0.409. The van der Waals surface area contributed by atoms with E-state index in [0.29, 0.717) is 12.5 Å². The molecule has 0 aliphatic heterocycles. The minimum absolute atomic E-state index is 0. The molecule has 1 aliphatic rings. The van der Waals surface area contributed by atoms with Crippen molar-refractivity contribution in [1.29, 1.82) is 0 Å². The van der Waals surface area contributed by atoms with Crippen molar-refractivity contribution in [2.24, 2.45) is 11.8 Å². The van der Waals surface area contributed by atoms with E-state index < -0.39 is 0 Å². The molecule has 2 N–H and O–H groups in total. The van der Waals surface area contributed by atoms with Gasteiger partial charge in [-0.1, -0.05) is 30.3 Å². The number of hydrogen-bond acceptors (Lipinski definition) is 4. The number of rotatable bonds is 7. The molecule has 0 bridgehead atoms. The van der Waals surface area contributed by atoms with Crippen molar-refractivity contribution in [3.05, 3.63) is 60.4 Å². The Morgan fingerprint density at radius 1 is 1.00 bits per heavy atom. The highest BCUT2D eigenvalue weighted by atomic mass is 35.5. The second-order valence-corrected chi connectivity index (χ2v) is 7.22. The number of ether oxygens (including phenoxy) is 1. The molecular formula is C22H28ClN3O3. The molecule has 6 nitrogen and oxygen atoms in total. The smallest absolute Gasteiger partial charge is 0.407 e. The summed E-state index contributed by atoms with van der Waals surface area (Å²) >= 11 is 0. The van der Waals surface area contributed by atoms with Gasteiger partial charge < -0.3 is 15.4 Å². The number of hydrogen-bond donors (Lipinski definition) is 2. The van der Waals surface area contributed by atoms with Crippen LogP contribution < -0.4 is 10.6 Å². The molecule has 0 saturated heterocycles. The summed E-state index contributed by atoms with van der Waals surface area (Å²) in [5, 5.41) is 5.78. The van der Waals surface area contributed by atoms with Crippen molar-refractivity contribution in [2.75, 3.05) is 11.9 Å². The molecule has 29 heavy (non-hydrogen) atoms. The summed E-state index contributed by atoms with van der Waals surface area (Å²) in [4.78, 5) is 28.1. The Labute approximate surface area is 177 Å². The predicted molar refractivity (Wildman–Crippen MR) is 115 cm³/mol. The molecule has 156 valence electrons. The Kier molecular flexibility index (Phi) is 9.44. The van der Waals surface area contributed by atoms with E-state index in [1.54, 1.807) is 24.5 Å². The first-order valence-electron chi connectivity index (χ1n) is 9.86. The van der Waals surface area contributed by atoms with Gasteiger partial charge in [0, 0.05) is 30.5 Å². The minimum Gasteiger partial charge on any atom is -0.445 e. The zero-order valence-electron chi connectivity index (χ0n) is 16.4. The van der Waals surface area contributed by atoms with Crippen molar-refractivity contribution >= 4 is 30.1 Å². The molecule has 2 amide bonds. The maximum absolute atomic E-state index is 12.4. The third-order valence-corrected chi connectivity index (χ3v) is 5.20. The lowest BCUT2D eigenvalue weighted by Crippen LogP contribution is -2.30. The Bertz CT molecular complexity index is 750. The number of aromatic nitrogens is 1. The minimum atomic E-state index is -0.380. The van der Waals surface area contributed by atoms with Gasteiger partial charge in [0.05, 0.1) is 0 Å². The summed E-state index contributed by atoms with van der Waals surface area (Å²) in [6, 6.07) is 13.2. The lowest BCUT2D eigenvalue weighted by atomic mass is 9.80. The summed E-state index contributed by atoms with van der Waals surface area (Å²) in [5.74, 6) is 0.694. The first-order chi connectivity index (χ1) is 13.7. The monoisotopic (exact) mass is 417 g/mol. The van der Waals surface area contributed by atoms with Crippen LogP contribution in [0.25, 0.3) is 0 Å². The van der Waals surface area contributed by atoms with Gasteiger partial charge in [0.2, 0.25) is 5.91 Å². The summed E-state index contributed by atoms with van der Waals surface area (Å²) in [5.41, 5.74) is 1.77. The molecule has 1 fully saturated rings. The largest absolute Gasteiger partial charge is 0.445 e. The molecule has 0 atom stereocenters. The van der Waals surface area contributed by atoms with E-state index in [4.69, 9.17) is 4.74 Å². The van der Waals surface area contributed by atoms with Crippen LogP contribution in [-0.2, 0) is 16.1 Å². The number of nitrogens with zero attached hydrogens (tertiary/aromatic N) is 1. The van der Waals surface area contributed by atoms with E-state index in [0.717, 1.165) is 43.4 Å². The third kappa shape index (κ3) is 7.74. The maximum atomic E-state index is 12.4. The highest BCUT2D eigenvalue weighted by molar-refractivity contribution is 5.92. The topological polar surface area (TPSA) is 80.3 Å². The van der Waals surface area contributed by atoms with E-state index in [2.05, 4.69) is 15.6 Å². The quantitative estimate of drug-likeness (QED) is 0.691. The van der Waals surface area contributed by atoms with Gasteiger partial charge in [-0.2, -0.15) is 0 Å². The normalized spacial score (nSPS) is 18.2. The lowest BCUT2D eigenvalue weighted by molar-refractivity contribution is -0.121. The number of halogens is 1. The van der Waals surface area contributed by atoms with Crippen molar-refractivity contribution in [1.82, 2.24) is 10.3 Å². The van der Waals surface area contributed by atoms with Crippen LogP contribution in [0.3, 0.4) is 0 Å². The van der Waals surface area contributed by atoms with Crippen molar-refractivity contribution in [3.63, 3.8) is 0 Å². The van der Waals surface area contributed by atoms with Crippen LogP contribution in [-0.4, -0.2) is 23.5 Å². The Morgan fingerprint density at radius 3 is 2.38 bits per heavy atom. The number of benzene rings is 1. The number of carbonyl (C=O) groups excluding carboxylic acids is 2. The molecule has 0 unspecified atom stereocenters. The third-order valence-electron chi connectivity index (χ3n) is 5.20. The molecule has 2 aromatic rings. The molecule has 3 rings (SSSR count). The van der Waals surface area contributed by atoms with E-state index >= 15 is 0 Å². The van der Waals surface area contributed by atoms with Crippen LogP contribution in [0.2, 0.25) is 0 Å². The van der Waals surface area contributed by atoms with E-state index in [-0.39, 0.29) is 36.9 Å². The number of nitrogens with one attached hydrogen (secondary N) is 2. The van der Waals surface area contributed by atoms with Gasteiger partial charge >= 0.3 is 6.09 Å². The summed E-state index contributed by atoms with van der Waals surface area (Å²) in [7, 11) is 0. The molecule has 1 aromatic heterocycles. The molecule has 0 radical (unpaired) electrons. The van der Waals surface area contributed by atoms with Crippen LogP contribution in [0, 0.1) is 11.8 Å². The molecule has 1 heterocycles. The summed E-state index contributed by atoms with van der Waals surface area (Å²) in [6.07, 6.45) is 7.67. The van der Waals surface area contributed by atoms with Gasteiger partial charge in [0.15, 0.2) is 0 Å². The molecule has 1 saturated carbocycles. The average Bonchev–Trinajstić information content (AvgIpc) is 2.74. The SMILES string of the molecule is Cl.O=C(NCCC1CCC(C(=O)Nc2ccncc2)CC1)OCc1ccccc1. The molecular weight excluding hydrogens is 390 g/mol. The zero-order valence-corrected chi connectivity index (χ0v) is 17.2. The van der Waals surface area contributed by atoms with Crippen LogP contribution in [0.1, 0.15) is 37.7 Å². The predicted octanol–water partition coefficient (Wildman–Crippen LogP) is 4.56. The summed E-state index contributed by atoms with van der Waals surface area (Å²) in [6.45, 7) is 0.885. The number of pyridine rings is 1. The second-order valence-electron chi connectivity index (χ2n) is 7.22. The van der Waals surface area contributed by atoms with E-state index in [9.17, 15) is 9.59 Å². The second kappa shape index (κ2) is 12.1. The Morgan fingerprint density at radius 2 is 1.69 bits per heavy atom. The molecule has 0 spiro atoms. The summed E-state index contributed by atoms with van der Waals surface area (Å²) < 4.78 is 5.22. The van der Waals surface area contributed by atoms with Crippen LogP contribution in [0.15, 0.2) is 54.9 Å². The lowest BCUT2D eigenvalue weighted by Gasteiger charge is -2.27. The first kappa shape index (κ1) is 22.7. The van der Waals surface area contributed by atoms with Crippen LogP contribution in [0.5, 0.6) is 0 Å². The van der Waals surface area contributed by atoms with Crippen LogP contribution >= 0.6 is 12.4 Å². The number of amides is 2. The Balaban J connectivity index is 0.00000300. The standard InChI is InChI=1S/C22H27N3O3.ClH/c26-21(25-20-11-13-23-14-12-20)19-8-6-17(7-9-19)10-15-24-22(27)28-16-18-4-2-1-3-5-18;/h1-5,11-14,17,19H,6-10,15-16H2,(H,24,27)(H,23,25,26);1H. The highest BCUT2D eigenvalue weighted by Gasteiger charge is 2.26. The van der Waals surface area contributed by atoms with Crippen molar-refractivity contribution < 1.29 is 14.3 Å². The van der Waals surface area contributed by atoms with Gasteiger partial charge in [-0.05, 0) is 55.7 Å². The number of anilines is 1. The average molecular weight is 418 g/mol. The van der Waals surface area contributed by atoms with Gasteiger partial charge in [-0.25, -0.2) is 4.79 Å². The molecule has 7 heteroatoms. The highest BCUT2D eigenvalue weighted by Crippen LogP contribution is 2.31. The van der Waals surface area contributed by atoms with E-state index in [1.807, 2.05) is 30.3 Å². The fourth-order valence-corrected chi connectivity index (χ4v) is 3.55. The first-order valence-corrected chi connectivity index (χ1v) is 9.86. The number of carbonyl (C=O) groups is 2. The van der Waals surface area contributed by atoms with Crippen LogP contribution in [0.4, 0.5) is 10.5 Å². The van der Waals surface area contributed by atoms with Gasteiger partial charge in [0.25, 0.3) is 0 Å². The van der Waals surface area contributed by atoms with Crippen molar-refractivity contribution in [2.45, 2.75) is 38.7 Å².